The molecule has 1 saturated heterocycles. The Hall–Kier alpha value is -3.24. The maximum atomic E-state index is 12.4. The zero-order valence-corrected chi connectivity index (χ0v) is 18.3. The summed E-state index contributed by atoms with van der Waals surface area (Å²) in [7, 11) is -0.530. The van der Waals surface area contributed by atoms with Gasteiger partial charge in [-0.2, -0.15) is 0 Å². The highest BCUT2D eigenvalue weighted by Crippen LogP contribution is 2.36. The van der Waals surface area contributed by atoms with Gasteiger partial charge in [-0.3, -0.25) is 14.9 Å². The average molecular weight is 440 g/mol. The molecular weight excluding hydrogens is 415 g/mol. The number of carbonyl (C=O) groups is 2. The molecule has 0 spiro atoms. The molecule has 0 aliphatic carbocycles. The predicted molar refractivity (Wildman–Crippen MR) is 118 cm³/mol. The van der Waals surface area contributed by atoms with Crippen LogP contribution in [0.15, 0.2) is 48.5 Å². The number of carbonyl (C=O) groups excluding carboxylic acids is 1. The van der Waals surface area contributed by atoms with Gasteiger partial charge in [0.15, 0.2) is 0 Å². The number of nitro benzene ring substituents is 1. The third-order valence-corrected chi connectivity index (χ3v) is 5.87. The molecule has 1 heterocycles. The van der Waals surface area contributed by atoms with E-state index in [2.05, 4.69) is 5.32 Å². The quantitative estimate of drug-likeness (QED) is 0.384. The van der Waals surface area contributed by atoms with Crippen molar-refractivity contribution in [2.24, 2.45) is 0 Å². The van der Waals surface area contributed by atoms with Gasteiger partial charge in [-0.25, -0.2) is 4.79 Å². The zero-order chi connectivity index (χ0) is 23.7. The van der Waals surface area contributed by atoms with Crippen LogP contribution >= 0.6 is 0 Å². The molecule has 1 atom stereocenters. The zero-order valence-electron chi connectivity index (χ0n) is 18.3. The molecule has 2 aromatic carbocycles. The molecule has 168 valence electrons. The lowest BCUT2D eigenvalue weighted by Gasteiger charge is -2.32. The van der Waals surface area contributed by atoms with Gasteiger partial charge in [0.1, 0.15) is 6.04 Å². The van der Waals surface area contributed by atoms with Crippen molar-refractivity contribution in [3.8, 4) is 0 Å². The summed E-state index contributed by atoms with van der Waals surface area (Å²) in [5.74, 6) is -1.91. The third kappa shape index (κ3) is 4.97. The van der Waals surface area contributed by atoms with Crippen LogP contribution < -0.4 is 10.8 Å². The summed E-state index contributed by atoms with van der Waals surface area (Å²) < 4.78 is 12.0. The largest absolute Gasteiger partial charge is 0.494 e. The van der Waals surface area contributed by atoms with Crippen LogP contribution in [0.25, 0.3) is 0 Å². The number of nitrogens with zero attached hydrogens (tertiary/aromatic N) is 1. The lowest BCUT2D eigenvalue weighted by Crippen LogP contribution is -2.42. The Morgan fingerprint density at radius 1 is 1.09 bits per heavy atom. The smallest absolute Gasteiger partial charge is 0.480 e. The molecule has 0 bridgehead atoms. The molecule has 9 nitrogen and oxygen atoms in total. The minimum absolute atomic E-state index is 0.0153. The number of nitrogens with one attached hydrogen (secondary N) is 1. The van der Waals surface area contributed by atoms with Crippen molar-refractivity contribution < 1.29 is 28.9 Å². The highest BCUT2D eigenvalue weighted by molar-refractivity contribution is 6.62. The molecule has 3 rings (SSSR count). The van der Waals surface area contributed by atoms with Crippen LogP contribution in [0.1, 0.15) is 43.6 Å². The molecule has 1 aliphatic heterocycles. The number of carboxylic acids is 1. The molecule has 32 heavy (non-hydrogen) atoms. The van der Waals surface area contributed by atoms with E-state index < -0.39 is 41.2 Å². The molecule has 0 aromatic heterocycles. The number of nitro groups is 1. The molecule has 0 saturated carbocycles. The molecule has 1 fully saturated rings. The number of carboxylic acid groups (broad SMARTS) is 1. The van der Waals surface area contributed by atoms with E-state index in [9.17, 15) is 24.8 Å². The Morgan fingerprint density at radius 3 is 2.22 bits per heavy atom. The summed E-state index contributed by atoms with van der Waals surface area (Å²) in [6, 6.07) is 11.0. The van der Waals surface area contributed by atoms with E-state index in [0.29, 0.717) is 5.56 Å². The van der Waals surface area contributed by atoms with Gasteiger partial charge in [0.05, 0.1) is 16.1 Å². The minimum Gasteiger partial charge on any atom is -0.480 e. The van der Waals surface area contributed by atoms with Gasteiger partial charge in [-0.1, -0.05) is 30.3 Å². The maximum Gasteiger partial charge on any atom is 0.494 e. The summed E-state index contributed by atoms with van der Waals surface area (Å²) in [4.78, 5) is 34.4. The molecule has 2 N–H and O–H groups in total. The van der Waals surface area contributed by atoms with Crippen molar-refractivity contribution in [1.82, 2.24) is 5.32 Å². The highest BCUT2D eigenvalue weighted by atomic mass is 16.7. The van der Waals surface area contributed by atoms with E-state index in [1.807, 2.05) is 27.7 Å². The second kappa shape index (κ2) is 8.72. The fourth-order valence-electron chi connectivity index (χ4n) is 3.23. The highest BCUT2D eigenvalue weighted by Gasteiger charge is 2.51. The fraction of sp³-hybridized carbons (Fsp3) is 0.364. The lowest BCUT2D eigenvalue weighted by atomic mass is 9.78. The Labute approximate surface area is 186 Å². The molecule has 0 unspecified atom stereocenters. The molecule has 1 aliphatic rings. The van der Waals surface area contributed by atoms with Crippen LogP contribution in [0.2, 0.25) is 0 Å². The van der Waals surface area contributed by atoms with E-state index in [4.69, 9.17) is 9.31 Å². The summed E-state index contributed by atoms with van der Waals surface area (Å²) in [6.07, 6.45) is 0.0413. The van der Waals surface area contributed by atoms with E-state index >= 15 is 0 Å². The van der Waals surface area contributed by atoms with Gasteiger partial charge in [-0.05, 0) is 44.8 Å². The first-order valence-electron chi connectivity index (χ1n) is 10.1. The predicted octanol–water partition coefficient (Wildman–Crippen LogP) is 2.32. The van der Waals surface area contributed by atoms with Gasteiger partial charge in [0.2, 0.25) is 0 Å². The van der Waals surface area contributed by atoms with Crippen LogP contribution in [-0.4, -0.2) is 46.3 Å². The topological polar surface area (TPSA) is 128 Å². The molecule has 2 aromatic rings. The second-order valence-electron chi connectivity index (χ2n) is 8.71. The van der Waals surface area contributed by atoms with Gasteiger partial charge in [0.25, 0.3) is 11.6 Å². The number of rotatable bonds is 7. The van der Waals surface area contributed by atoms with Gasteiger partial charge in [0, 0.05) is 24.1 Å². The molecule has 0 radical (unpaired) electrons. The normalized spacial score (nSPS) is 17.6. The first-order valence-corrected chi connectivity index (χ1v) is 10.1. The Bertz CT molecular complexity index is 1020. The third-order valence-electron chi connectivity index (χ3n) is 5.87. The number of hydrogen-bond acceptors (Lipinski definition) is 6. The fourth-order valence-corrected chi connectivity index (χ4v) is 3.23. The summed E-state index contributed by atoms with van der Waals surface area (Å²) >= 11 is 0. The SMILES string of the molecule is CC1(C)OB(c2ccc(C[C@H](NC(=O)c3cccc([N+](=O)[O-])c3)C(=O)O)cc2)OC1(C)C. The van der Waals surface area contributed by atoms with E-state index in [0.717, 1.165) is 11.5 Å². The maximum absolute atomic E-state index is 12.4. The average Bonchev–Trinajstić information content (AvgIpc) is 2.95. The number of benzene rings is 2. The van der Waals surface area contributed by atoms with Crippen LogP contribution in [0.3, 0.4) is 0 Å². The lowest BCUT2D eigenvalue weighted by molar-refractivity contribution is -0.384. The molecular formula is C22H25BN2O7. The second-order valence-corrected chi connectivity index (χ2v) is 8.71. The number of aliphatic carboxylic acids is 1. The number of amides is 1. The van der Waals surface area contributed by atoms with E-state index in [1.54, 1.807) is 24.3 Å². The van der Waals surface area contributed by atoms with Crippen molar-refractivity contribution in [1.29, 1.82) is 0 Å². The van der Waals surface area contributed by atoms with Crippen LogP contribution in [0.4, 0.5) is 5.69 Å². The Balaban J connectivity index is 1.69. The van der Waals surface area contributed by atoms with Crippen LogP contribution in [0.5, 0.6) is 0 Å². The standard InChI is InChI=1S/C22H25BN2O7/c1-21(2)22(3,4)32-23(31-21)16-10-8-14(9-11-16)12-18(20(27)28)24-19(26)15-6-5-7-17(13-15)25(29)30/h5-11,13,18H,12H2,1-4H3,(H,24,26)(H,27,28)/t18-/m0/s1. The summed E-state index contributed by atoms with van der Waals surface area (Å²) in [5.41, 5.74) is 0.324. The van der Waals surface area contributed by atoms with Gasteiger partial charge >= 0.3 is 13.1 Å². The first-order chi connectivity index (χ1) is 14.9. The van der Waals surface area contributed by atoms with Crippen molar-refractivity contribution in [2.45, 2.75) is 51.4 Å². The minimum atomic E-state index is -1.21. The van der Waals surface area contributed by atoms with Crippen LogP contribution in [-0.2, 0) is 20.5 Å². The monoisotopic (exact) mass is 440 g/mol. The van der Waals surface area contributed by atoms with Crippen molar-refractivity contribution >= 4 is 30.1 Å². The molecule has 10 heteroatoms. The van der Waals surface area contributed by atoms with Gasteiger partial charge in [-0.15, -0.1) is 0 Å². The van der Waals surface area contributed by atoms with Crippen molar-refractivity contribution in [2.75, 3.05) is 0 Å². The van der Waals surface area contributed by atoms with E-state index in [-0.39, 0.29) is 17.7 Å². The first kappa shape index (κ1) is 23.4. The molecule has 1 amide bonds. The Morgan fingerprint density at radius 2 is 1.69 bits per heavy atom. The summed E-state index contributed by atoms with van der Waals surface area (Å²) in [5, 5.41) is 22.9. The van der Waals surface area contributed by atoms with Crippen molar-refractivity contribution in [3.05, 3.63) is 69.8 Å². The van der Waals surface area contributed by atoms with Crippen LogP contribution in [0, 0.1) is 10.1 Å². The number of non-ortho nitro benzene ring substituents is 1. The summed E-state index contributed by atoms with van der Waals surface area (Å²) in [6.45, 7) is 7.84. The van der Waals surface area contributed by atoms with E-state index in [1.165, 1.54) is 18.2 Å². The number of hydrogen-bond donors (Lipinski definition) is 2. The Kier molecular flexibility index (Phi) is 6.38. The van der Waals surface area contributed by atoms with Gasteiger partial charge < -0.3 is 19.7 Å². The van der Waals surface area contributed by atoms with Crippen molar-refractivity contribution in [3.63, 3.8) is 0 Å².